The summed E-state index contributed by atoms with van der Waals surface area (Å²) in [5.41, 5.74) is 6.01. The molecule has 152 valence electrons. The number of rotatable bonds is 3. The number of carbonyl (C=O) groups is 1. The molecule has 1 atom stereocenters. The zero-order valence-corrected chi connectivity index (χ0v) is 17.7. The predicted octanol–water partition coefficient (Wildman–Crippen LogP) is 5.08. The molecule has 0 spiro atoms. The highest BCUT2D eigenvalue weighted by atomic mass is 16.5. The van der Waals surface area contributed by atoms with Gasteiger partial charge < -0.3 is 9.84 Å². The van der Waals surface area contributed by atoms with Crippen molar-refractivity contribution in [3.05, 3.63) is 52.5 Å². The first-order valence-corrected chi connectivity index (χ1v) is 10.1. The summed E-state index contributed by atoms with van der Waals surface area (Å²) >= 11 is 0. The lowest BCUT2D eigenvalue weighted by molar-refractivity contribution is 0.101. The summed E-state index contributed by atoms with van der Waals surface area (Å²) in [6.45, 7) is 10.7. The van der Waals surface area contributed by atoms with Crippen molar-refractivity contribution in [1.82, 2.24) is 15.4 Å². The number of aryl methyl sites for hydroxylation is 3. The van der Waals surface area contributed by atoms with Gasteiger partial charge in [0.2, 0.25) is 0 Å². The molecule has 1 aliphatic rings. The molecule has 4 rings (SSSR count). The van der Waals surface area contributed by atoms with Gasteiger partial charge in [-0.25, -0.2) is 0 Å². The predicted molar refractivity (Wildman–Crippen MR) is 113 cm³/mol. The molecule has 0 unspecified atom stereocenters. The fraction of sp³-hybridized carbons (Fsp3) is 0.435. The Balaban J connectivity index is 1.63. The van der Waals surface area contributed by atoms with Crippen molar-refractivity contribution in [3.63, 3.8) is 0 Å². The highest BCUT2D eigenvalue weighted by molar-refractivity contribution is 6.06. The second-order valence-corrected chi connectivity index (χ2v) is 9.18. The summed E-state index contributed by atoms with van der Waals surface area (Å²) in [4.78, 5) is 13.1. The van der Waals surface area contributed by atoms with Crippen molar-refractivity contribution in [3.8, 4) is 11.3 Å². The van der Waals surface area contributed by atoms with E-state index in [1.165, 1.54) is 0 Å². The van der Waals surface area contributed by atoms with Crippen LogP contribution in [-0.4, -0.2) is 21.3 Å². The molecule has 0 saturated carbocycles. The maximum Gasteiger partial charge on any atom is 0.278 e. The highest BCUT2D eigenvalue weighted by Crippen LogP contribution is 2.38. The SMILES string of the molecule is Cc1ccc(NC(=O)c2noc3c2C[C@H](C(C)(C)C)CC3)c(-c2cc(C)[nH]n2)c1. The van der Waals surface area contributed by atoms with Gasteiger partial charge in [-0.15, -0.1) is 0 Å². The van der Waals surface area contributed by atoms with E-state index >= 15 is 0 Å². The number of aromatic nitrogens is 3. The monoisotopic (exact) mass is 392 g/mol. The Labute approximate surface area is 171 Å². The summed E-state index contributed by atoms with van der Waals surface area (Å²) in [7, 11) is 0. The fourth-order valence-electron chi connectivity index (χ4n) is 4.04. The first-order valence-electron chi connectivity index (χ1n) is 10.1. The van der Waals surface area contributed by atoms with Crippen LogP contribution in [-0.2, 0) is 12.8 Å². The number of hydrogen-bond donors (Lipinski definition) is 2. The Hall–Kier alpha value is -2.89. The molecule has 2 aromatic heterocycles. The van der Waals surface area contributed by atoms with Gasteiger partial charge in [0.05, 0.1) is 11.4 Å². The number of carbonyl (C=O) groups excluding carboxylic acids is 1. The van der Waals surface area contributed by atoms with Crippen LogP contribution in [0.2, 0.25) is 0 Å². The van der Waals surface area contributed by atoms with Crippen LogP contribution in [0.4, 0.5) is 5.69 Å². The van der Waals surface area contributed by atoms with Crippen molar-refractivity contribution < 1.29 is 9.32 Å². The van der Waals surface area contributed by atoms with E-state index in [2.05, 4.69) is 41.4 Å². The van der Waals surface area contributed by atoms with Crippen LogP contribution in [0.5, 0.6) is 0 Å². The maximum atomic E-state index is 13.1. The second-order valence-electron chi connectivity index (χ2n) is 9.18. The Bertz CT molecular complexity index is 1060. The number of fused-ring (bicyclic) bond motifs is 1. The van der Waals surface area contributed by atoms with E-state index in [9.17, 15) is 4.79 Å². The van der Waals surface area contributed by atoms with Crippen LogP contribution in [0, 0.1) is 25.2 Å². The minimum absolute atomic E-state index is 0.185. The van der Waals surface area contributed by atoms with Crippen LogP contribution in [0.1, 0.15) is 60.3 Å². The number of H-pyrrole nitrogens is 1. The molecule has 1 amide bonds. The molecular formula is C23H28N4O2. The largest absolute Gasteiger partial charge is 0.360 e. The molecule has 0 fully saturated rings. The summed E-state index contributed by atoms with van der Waals surface area (Å²) in [6, 6.07) is 7.89. The topological polar surface area (TPSA) is 83.8 Å². The van der Waals surface area contributed by atoms with E-state index in [1.807, 2.05) is 38.1 Å². The molecule has 0 aliphatic heterocycles. The summed E-state index contributed by atoms with van der Waals surface area (Å²) < 4.78 is 5.52. The molecule has 2 heterocycles. The number of hydrogen-bond acceptors (Lipinski definition) is 4. The molecule has 0 bridgehead atoms. The fourth-order valence-corrected chi connectivity index (χ4v) is 4.04. The minimum Gasteiger partial charge on any atom is -0.360 e. The Morgan fingerprint density at radius 2 is 2.03 bits per heavy atom. The Morgan fingerprint density at radius 1 is 1.24 bits per heavy atom. The number of anilines is 1. The van der Waals surface area contributed by atoms with Gasteiger partial charge in [0.1, 0.15) is 5.76 Å². The smallest absolute Gasteiger partial charge is 0.278 e. The molecule has 29 heavy (non-hydrogen) atoms. The van der Waals surface area contributed by atoms with Gasteiger partial charge in [-0.3, -0.25) is 9.89 Å². The standard InChI is InChI=1S/C23H28N4O2/c1-13-6-8-18(16(10-13)19-11-14(2)25-26-19)24-22(28)21-17-12-15(23(3,4)5)7-9-20(17)29-27-21/h6,8,10-11,15H,7,9,12H2,1-5H3,(H,24,28)(H,25,26)/t15-/m1/s1. The number of benzene rings is 1. The van der Waals surface area contributed by atoms with Gasteiger partial charge in [-0.05, 0) is 56.2 Å². The van der Waals surface area contributed by atoms with Crippen LogP contribution in [0.25, 0.3) is 11.3 Å². The van der Waals surface area contributed by atoms with E-state index in [4.69, 9.17) is 4.52 Å². The number of nitrogens with zero attached hydrogens (tertiary/aromatic N) is 2. The van der Waals surface area contributed by atoms with E-state index in [0.717, 1.165) is 53.1 Å². The van der Waals surface area contributed by atoms with E-state index < -0.39 is 0 Å². The molecule has 1 aliphatic carbocycles. The average Bonchev–Trinajstić information content (AvgIpc) is 3.28. The molecule has 3 aromatic rings. The molecular weight excluding hydrogens is 364 g/mol. The Morgan fingerprint density at radius 3 is 2.72 bits per heavy atom. The molecule has 6 nitrogen and oxygen atoms in total. The van der Waals surface area contributed by atoms with Gasteiger partial charge in [-0.1, -0.05) is 37.6 Å². The average molecular weight is 393 g/mol. The maximum absolute atomic E-state index is 13.1. The van der Waals surface area contributed by atoms with E-state index in [-0.39, 0.29) is 11.3 Å². The molecule has 0 saturated heterocycles. The summed E-state index contributed by atoms with van der Waals surface area (Å²) in [5.74, 6) is 1.12. The van der Waals surface area contributed by atoms with Crippen LogP contribution in [0.15, 0.2) is 28.8 Å². The lowest BCUT2D eigenvalue weighted by Gasteiger charge is -2.33. The third-order valence-electron chi connectivity index (χ3n) is 5.88. The molecule has 0 radical (unpaired) electrons. The Kier molecular flexibility index (Phi) is 4.81. The molecule has 2 N–H and O–H groups in total. The van der Waals surface area contributed by atoms with Crippen molar-refractivity contribution in [2.45, 2.75) is 53.9 Å². The molecule has 1 aromatic carbocycles. The first-order chi connectivity index (χ1) is 13.7. The number of nitrogens with one attached hydrogen (secondary N) is 2. The van der Waals surface area contributed by atoms with E-state index in [0.29, 0.717) is 17.3 Å². The molecule has 6 heteroatoms. The van der Waals surface area contributed by atoms with Crippen molar-refractivity contribution in [2.75, 3.05) is 5.32 Å². The minimum atomic E-state index is -0.234. The van der Waals surface area contributed by atoms with Gasteiger partial charge in [0.25, 0.3) is 5.91 Å². The zero-order chi connectivity index (χ0) is 20.8. The van der Waals surface area contributed by atoms with Crippen molar-refractivity contribution in [1.29, 1.82) is 0 Å². The van der Waals surface area contributed by atoms with Crippen LogP contribution >= 0.6 is 0 Å². The highest BCUT2D eigenvalue weighted by Gasteiger charge is 2.34. The lowest BCUT2D eigenvalue weighted by Crippen LogP contribution is -2.27. The van der Waals surface area contributed by atoms with Crippen molar-refractivity contribution in [2.24, 2.45) is 11.3 Å². The normalized spacial score (nSPS) is 16.5. The number of aromatic amines is 1. The lowest BCUT2D eigenvalue weighted by atomic mass is 9.71. The third-order valence-corrected chi connectivity index (χ3v) is 5.88. The summed E-state index contributed by atoms with van der Waals surface area (Å²) in [5, 5.41) is 14.5. The van der Waals surface area contributed by atoms with Gasteiger partial charge in [-0.2, -0.15) is 5.10 Å². The zero-order valence-electron chi connectivity index (χ0n) is 17.7. The van der Waals surface area contributed by atoms with Gasteiger partial charge in [0, 0.05) is 23.2 Å². The van der Waals surface area contributed by atoms with Gasteiger partial charge >= 0.3 is 0 Å². The van der Waals surface area contributed by atoms with Gasteiger partial charge in [0.15, 0.2) is 5.69 Å². The number of amides is 1. The van der Waals surface area contributed by atoms with E-state index in [1.54, 1.807) is 0 Å². The quantitative estimate of drug-likeness (QED) is 0.651. The van der Waals surface area contributed by atoms with Crippen molar-refractivity contribution >= 4 is 11.6 Å². The van der Waals surface area contributed by atoms with Crippen LogP contribution < -0.4 is 5.32 Å². The van der Waals surface area contributed by atoms with Crippen LogP contribution in [0.3, 0.4) is 0 Å². The first kappa shape index (κ1) is 19.4. The summed E-state index contributed by atoms with van der Waals surface area (Å²) in [6.07, 6.45) is 2.72. The second kappa shape index (κ2) is 7.17. The third kappa shape index (κ3) is 3.84.